The van der Waals surface area contributed by atoms with Crippen molar-refractivity contribution in [1.29, 1.82) is 0 Å². The van der Waals surface area contributed by atoms with E-state index in [9.17, 15) is 4.79 Å². The van der Waals surface area contributed by atoms with Crippen LogP contribution in [0.3, 0.4) is 0 Å². The van der Waals surface area contributed by atoms with Crippen molar-refractivity contribution in [3.63, 3.8) is 0 Å². The van der Waals surface area contributed by atoms with Crippen LogP contribution in [-0.2, 0) is 4.79 Å². The largest absolute Gasteiger partial charge is 0.358 e. The summed E-state index contributed by atoms with van der Waals surface area (Å²) in [6, 6.07) is 8.31. The highest BCUT2D eigenvalue weighted by atomic mass is 32.2. The number of thiazole rings is 1. The number of nitrogens with one attached hydrogen (secondary N) is 2. The molecule has 2 saturated carbocycles. The van der Waals surface area contributed by atoms with Crippen LogP contribution in [0.1, 0.15) is 31.4 Å². The molecule has 1 unspecified atom stereocenters. The molecule has 2 aromatic heterocycles. The summed E-state index contributed by atoms with van der Waals surface area (Å²) in [5.74, 6) is 4.27. The predicted molar refractivity (Wildman–Crippen MR) is 129 cm³/mol. The summed E-state index contributed by atoms with van der Waals surface area (Å²) in [5.41, 5.74) is 4.31. The molecule has 1 spiro atoms. The van der Waals surface area contributed by atoms with Gasteiger partial charge in [-0.1, -0.05) is 18.2 Å². The third kappa shape index (κ3) is 2.96. The SMILES string of the molecule is Cc1[nH]c2ccccc2c1-c1csc(NC(=O)C2C[C@H]3CC[C@@H](C2)C32SCCS2)n1. The van der Waals surface area contributed by atoms with E-state index < -0.39 is 0 Å². The molecule has 2 N–H and O–H groups in total. The van der Waals surface area contributed by atoms with Crippen LogP contribution in [0.4, 0.5) is 5.13 Å². The molecule has 2 aliphatic carbocycles. The van der Waals surface area contributed by atoms with Crippen molar-refractivity contribution in [1.82, 2.24) is 9.97 Å². The van der Waals surface area contributed by atoms with E-state index in [1.807, 2.05) is 6.07 Å². The molecule has 0 radical (unpaired) electrons. The Balaban J connectivity index is 1.20. The van der Waals surface area contributed by atoms with Crippen LogP contribution in [0.15, 0.2) is 29.6 Å². The van der Waals surface area contributed by atoms with Crippen LogP contribution in [-0.4, -0.2) is 31.5 Å². The van der Waals surface area contributed by atoms with Gasteiger partial charge in [0.05, 0.1) is 9.77 Å². The molecule has 6 rings (SSSR count). The average molecular weight is 456 g/mol. The number of aromatic amines is 1. The van der Waals surface area contributed by atoms with Gasteiger partial charge in [0, 0.05) is 45.0 Å². The number of fused-ring (bicyclic) bond motifs is 1. The van der Waals surface area contributed by atoms with E-state index in [0.717, 1.165) is 40.4 Å². The van der Waals surface area contributed by atoms with Gasteiger partial charge < -0.3 is 10.3 Å². The third-order valence-corrected chi connectivity index (χ3v) is 11.9. The lowest BCUT2D eigenvalue weighted by Crippen LogP contribution is -2.41. The van der Waals surface area contributed by atoms with Gasteiger partial charge in [0.1, 0.15) is 0 Å². The van der Waals surface area contributed by atoms with Gasteiger partial charge in [-0.25, -0.2) is 4.98 Å². The molecule has 3 fully saturated rings. The zero-order valence-electron chi connectivity index (χ0n) is 16.9. The first-order chi connectivity index (χ1) is 14.6. The molecular weight excluding hydrogens is 430 g/mol. The van der Waals surface area contributed by atoms with Crippen molar-refractivity contribution in [2.45, 2.75) is 36.7 Å². The van der Waals surface area contributed by atoms with Crippen molar-refractivity contribution in [3.8, 4) is 11.3 Å². The standard InChI is InChI=1S/C23H25N3OS3/c1-13-20(17-4-2-3-5-18(17)24-13)19-12-28-22(25-19)26-21(27)14-10-15-6-7-16(11-14)23(15)29-8-9-30-23/h2-5,12,14-16,24H,6-11H2,1H3,(H,25,26,27)/t14?,15-,16+. The number of thioether (sulfide) groups is 2. The molecule has 3 aliphatic rings. The molecule has 2 bridgehead atoms. The van der Waals surface area contributed by atoms with E-state index in [1.54, 1.807) is 0 Å². The number of H-pyrrole nitrogens is 1. The lowest BCUT2D eigenvalue weighted by molar-refractivity contribution is -0.121. The lowest BCUT2D eigenvalue weighted by Gasteiger charge is -2.42. The van der Waals surface area contributed by atoms with E-state index in [2.05, 4.69) is 64.3 Å². The fraction of sp³-hybridized carbons (Fsp3) is 0.478. The number of hydrogen-bond donors (Lipinski definition) is 2. The van der Waals surface area contributed by atoms with Gasteiger partial charge in [0.25, 0.3) is 0 Å². The van der Waals surface area contributed by atoms with Gasteiger partial charge in [0.15, 0.2) is 5.13 Å². The van der Waals surface area contributed by atoms with E-state index in [4.69, 9.17) is 4.98 Å². The van der Waals surface area contributed by atoms with Gasteiger partial charge >= 0.3 is 0 Å². The van der Waals surface area contributed by atoms with Crippen molar-refractivity contribution < 1.29 is 4.79 Å². The number of nitrogens with zero attached hydrogens (tertiary/aromatic N) is 1. The Bertz CT molecular complexity index is 1100. The highest BCUT2D eigenvalue weighted by molar-refractivity contribution is 8.21. The van der Waals surface area contributed by atoms with Crippen molar-refractivity contribution in [2.75, 3.05) is 16.8 Å². The maximum Gasteiger partial charge on any atom is 0.229 e. The molecule has 3 atom stereocenters. The van der Waals surface area contributed by atoms with Crippen molar-refractivity contribution in [2.24, 2.45) is 17.8 Å². The first-order valence-electron chi connectivity index (χ1n) is 10.8. The Morgan fingerprint density at radius 1 is 1.17 bits per heavy atom. The van der Waals surface area contributed by atoms with Gasteiger partial charge in [-0.05, 0) is 50.5 Å². The summed E-state index contributed by atoms with van der Waals surface area (Å²) in [5, 5.41) is 7.11. The normalized spacial score (nSPS) is 27.2. The first kappa shape index (κ1) is 19.3. The summed E-state index contributed by atoms with van der Waals surface area (Å²) < 4.78 is 0.429. The number of para-hydroxylation sites is 1. The molecule has 1 aromatic carbocycles. The van der Waals surface area contributed by atoms with Gasteiger partial charge in [-0.3, -0.25) is 4.79 Å². The minimum atomic E-state index is 0.136. The number of hydrogen-bond acceptors (Lipinski definition) is 5. The minimum absolute atomic E-state index is 0.136. The zero-order valence-corrected chi connectivity index (χ0v) is 19.4. The average Bonchev–Trinajstić information content (AvgIpc) is 3.49. The number of carbonyl (C=O) groups excluding carboxylic acids is 1. The second-order valence-electron chi connectivity index (χ2n) is 8.76. The van der Waals surface area contributed by atoms with E-state index >= 15 is 0 Å². The first-order valence-corrected chi connectivity index (χ1v) is 13.6. The molecule has 30 heavy (non-hydrogen) atoms. The Morgan fingerprint density at radius 3 is 2.67 bits per heavy atom. The van der Waals surface area contributed by atoms with Crippen LogP contribution < -0.4 is 5.32 Å². The quantitative estimate of drug-likeness (QED) is 0.497. The minimum Gasteiger partial charge on any atom is -0.358 e. The van der Waals surface area contributed by atoms with E-state index in [0.29, 0.717) is 15.9 Å². The van der Waals surface area contributed by atoms with Crippen LogP contribution in [0, 0.1) is 24.7 Å². The second kappa shape index (κ2) is 7.31. The third-order valence-electron chi connectivity index (χ3n) is 7.13. The summed E-state index contributed by atoms with van der Waals surface area (Å²) in [4.78, 5) is 21.3. The zero-order chi connectivity index (χ0) is 20.3. The summed E-state index contributed by atoms with van der Waals surface area (Å²) in [6.45, 7) is 2.08. The molecule has 156 valence electrons. The van der Waals surface area contributed by atoms with Gasteiger partial charge in [0.2, 0.25) is 5.91 Å². The molecular formula is C23H25N3OS3. The van der Waals surface area contributed by atoms with Crippen molar-refractivity contribution >= 4 is 56.8 Å². The number of rotatable bonds is 3. The van der Waals surface area contributed by atoms with E-state index in [-0.39, 0.29) is 11.8 Å². The number of carbonyl (C=O) groups is 1. The fourth-order valence-electron chi connectivity index (χ4n) is 5.88. The monoisotopic (exact) mass is 455 g/mol. The smallest absolute Gasteiger partial charge is 0.229 e. The van der Waals surface area contributed by atoms with Crippen LogP contribution in [0.5, 0.6) is 0 Å². The summed E-state index contributed by atoms with van der Waals surface area (Å²) >= 11 is 5.90. The topological polar surface area (TPSA) is 57.8 Å². The lowest BCUT2D eigenvalue weighted by atomic mass is 9.79. The summed E-state index contributed by atoms with van der Waals surface area (Å²) in [7, 11) is 0. The maximum atomic E-state index is 13.1. The number of benzene rings is 1. The molecule has 1 amide bonds. The Labute approximate surface area is 189 Å². The maximum absolute atomic E-state index is 13.1. The molecule has 1 saturated heterocycles. The molecule has 3 aromatic rings. The Morgan fingerprint density at radius 2 is 1.90 bits per heavy atom. The summed E-state index contributed by atoms with van der Waals surface area (Å²) in [6.07, 6.45) is 4.69. The fourth-order valence-corrected chi connectivity index (χ4v) is 10.5. The van der Waals surface area contributed by atoms with Crippen LogP contribution in [0.25, 0.3) is 22.2 Å². The second-order valence-corrected chi connectivity index (χ2v) is 12.6. The molecule has 1 aliphatic heterocycles. The number of amides is 1. The molecule has 3 heterocycles. The molecule has 4 nitrogen and oxygen atoms in total. The van der Waals surface area contributed by atoms with Crippen molar-refractivity contribution in [3.05, 3.63) is 35.3 Å². The Hall–Kier alpha value is -1.44. The van der Waals surface area contributed by atoms with Gasteiger partial charge in [-0.15, -0.1) is 34.9 Å². The number of aromatic nitrogens is 2. The van der Waals surface area contributed by atoms with Crippen LogP contribution in [0.2, 0.25) is 0 Å². The van der Waals surface area contributed by atoms with Crippen LogP contribution >= 0.6 is 34.9 Å². The number of aryl methyl sites for hydroxylation is 1. The predicted octanol–water partition coefficient (Wildman–Crippen LogP) is 6.15. The van der Waals surface area contributed by atoms with Gasteiger partial charge in [-0.2, -0.15) is 0 Å². The van der Waals surface area contributed by atoms with E-state index in [1.165, 1.54) is 41.1 Å². The molecule has 7 heteroatoms. The Kier molecular flexibility index (Phi) is 4.70. The highest BCUT2D eigenvalue weighted by Gasteiger charge is 2.57. The highest BCUT2D eigenvalue weighted by Crippen LogP contribution is 2.65. The number of anilines is 1.